The van der Waals surface area contributed by atoms with Crippen LogP contribution in [-0.4, -0.2) is 151 Å². The van der Waals surface area contributed by atoms with Gasteiger partial charge in [-0.2, -0.15) is 50.2 Å². The summed E-state index contributed by atoms with van der Waals surface area (Å²) in [5.74, 6) is -4.20. The lowest BCUT2D eigenvalue weighted by atomic mass is 10.0. The minimum atomic E-state index is -4.62. The van der Waals surface area contributed by atoms with Crippen molar-refractivity contribution in [2.45, 2.75) is 101 Å². The number of Topliss-reactive ketones (excluding diaryl/α,β-unsaturated/α-hetero) is 2. The van der Waals surface area contributed by atoms with Gasteiger partial charge in [0.15, 0.2) is 10.9 Å². The van der Waals surface area contributed by atoms with Crippen molar-refractivity contribution in [1.29, 1.82) is 0 Å². The molecule has 7 aromatic rings. The number of benzene rings is 4. The number of carbonyl (C=O) groups excluding carboxylic acids is 4. The smallest absolute Gasteiger partial charge is 0.294 e. The quantitative estimate of drug-likeness (QED) is 0.00549. The third-order valence-electron chi connectivity index (χ3n) is 15.6. The SMILES string of the molecule is CCN(CC)c1ccc(/N=N/c2nc(N3CCCCC3)c(/C=C(\C(C)=O)C(=O)Nc3cccc(S(=O)(=O)O)c3)s2)c(Nc2nc(Nc3cc(N(CC)CC)ccc3/N=N/c3nc(N4CCCCC4)c(C(C(C)=O)C(=O)Nc4cccc(S(=O)(=O)O)c4)s3)nc(SCCS(=O)(=O)O)n2)c1. The van der Waals surface area contributed by atoms with Gasteiger partial charge in [0.1, 0.15) is 34.7 Å². The molecule has 0 aliphatic carbocycles. The Kier molecular flexibility index (Phi) is 24.6. The van der Waals surface area contributed by atoms with Crippen LogP contribution in [0.5, 0.6) is 0 Å². The molecule has 30 nitrogen and oxygen atoms in total. The summed E-state index contributed by atoms with van der Waals surface area (Å²) in [6.45, 7) is 15.4. The van der Waals surface area contributed by atoms with Gasteiger partial charge in [0.25, 0.3) is 36.3 Å². The molecule has 2 fully saturated rings. The maximum atomic E-state index is 14.1. The van der Waals surface area contributed by atoms with E-state index in [1.807, 2.05) is 61.8 Å². The lowest BCUT2D eigenvalue weighted by molar-refractivity contribution is -0.126. The molecular weight excluding hydrogens is 1380 g/mol. The average Bonchev–Trinajstić information content (AvgIpc) is 1.57. The lowest BCUT2D eigenvalue weighted by Gasteiger charge is -2.28. The van der Waals surface area contributed by atoms with Gasteiger partial charge in [0, 0.05) is 80.9 Å². The molecule has 1 unspecified atom stereocenters. The third-order valence-corrected chi connectivity index (χ3v) is 21.0. The highest BCUT2D eigenvalue weighted by molar-refractivity contribution is 8.00. The number of piperidine rings is 2. The highest BCUT2D eigenvalue weighted by Gasteiger charge is 2.34. The number of nitrogens with one attached hydrogen (secondary N) is 4. The van der Waals surface area contributed by atoms with Gasteiger partial charge < -0.3 is 40.9 Å². The van der Waals surface area contributed by atoms with E-state index in [4.69, 9.17) is 15.0 Å². The lowest BCUT2D eigenvalue weighted by Crippen LogP contribution is -2.32. The number of amides is 2. The number of hydrogen-bond donors (Lipinski definition) is 7. The van der Waals surface area contributed by atoms with Gasteiger partial charge >= 0.3 is 0 Å². The number of rotatable bonds is 30. The Morgan fingerprint density at radius 3 is 1.55 bits per heavy atom. The fourth-order valence-corrected chi connectivity index (χ4v) is 15.3. The van der Waals surface area contributed by atoms with Crippen molar-refractivity contribution in [3.63, 3.8) is 0 Å². The van der Waals surface area contributed by atoms with Crippen LogP contribution >= 0.6 is 34.4 Å². The Morgan fingerprint density at radius 2 is 1.08 bits per heavy atom. The van der Waals surface area contributed by atoms with Crippen molar-refractivity contribution >= 4 is 174 Å². The van der Waals surface area contributed by atoms with Gasteiger partial charge in [0.05, 0.1) is 42.2 Å². The second-order valence-electron chi connectivity index (χ2n) is 22.4. The first-order valence-electron chi connectivity index (χ1n) is 31.2. The number of thiazole rings is 2. The monoisotopic (exact) mass is 1460 g/mol. The number of azo groups is 2. The number of hydrogen-bond acceptors (Lipinski definition) is 28. The van der Waals surface area contributed by atoms with E-state index in [2.05, 4.69) is 61.5 Å². The summed E-state index contributed by atoms with van der Waals surface area (Å²) < 4.78 is 101. The number of carbonyl (C=O) groups is 4. The zero-order valence-electron chi connectivity index (χ0n) is 54.2. The van der Waals surface area contributed by atoms with Crippen LogP contribution in [0.2, 0.25) is 0 Å². The highest BCUT2D eigenvalue weighted by atomic mass is 32.2. The zero-order valence-corrected chi connectivity index (χ0v) is 59.1. The molecule has 0 spiro atoms. The van der Waals surface area contributed by atoms with E-state index in [1.165, 1.54) is 44.2 Å². The Morgan fingerprint density at radius 1 is 0.602 bits per heavy atom. The van der Waals surface area contributed by atoms with Crippen LogP contribution in [0.1, 0.15) is 95.7 Å². The number of ketones is 2. The van der Waals surface area contributed by atoms with Crippen molar-refractivity contribution in [3.8, 4) is 0 Å². The summed E-state index contributed by atoms with van der Waals surface area (Å²) in [6.07, 6.45) is 6.71. The standard InChI is InChI=1S/C62H73N17O13S6/c1-7-76(8-2)42-23-25-47(72-74-61-67-54(78-27-13-11-14-28-78)51(94-61)37-46(38(5)80)56(82)63-40-19-17-21-44(33-40)97(87,88)89)49(35-42)65-58-69-59(71-60(70-58)93-31-32-96(84,85)86)66-50-36-43(77(9-3)10-4)24-26-48(50)73-75-62-68-55(79-29-15-12-16-30-79)53(95-62)52(39(6)81)57(83)64-41-20-18-22-45(34-41)98(90,91)92/h17-26,33-37,52H,7-16,27-32H2,1-6H3,(H,63,82)(H,64,83)(H,84,85,86)(H,87,88,89)(H,90,91,92)(H2,65,66,69,70,71)/b46-37+,74-72+,75-73+. The predicted octanol–water partition coefficient (Wildman–Crippen LogP) is 12.2. The van der Waals surface area contributed by atoms with Crippen molar-refractivity contribution in [2.24, 2.45) is 20.5 Å². The van der Waals surface area contributed by atoms with Gasteiger partial charge in [0.2, 0.25) is 28.1 Å². The molecule has 0 saturated carbocycles. The van der Waals surface area contributed by atoms with Crippen molar-refractivity contribution in [3.05, 3.63) is 100 Å². The molecule has 520 valence electrons. The number of anilines is 10. The van der Waals surface area contributed by atoms with Crippen molar-refractivity contribution in [2.75, 3.05) is 105 Å². The molecule has 0 radical (unpaired) electrons. The first kappa shape index (κ1) is 73.5. The van der Waals surface area contributed by atoms with Crippen LogP contribution in [0.15, 0.2) is 126 Å². The molecule has 3 aromatic heterocycles. The molecule has 5 heterocycles. The molecule has 0 bridgehead atoms. The molecular formula is C62H73N17O13S6. The molecule has 2 aliphatic heterocycles. The van der Waals surface area contributed by atoms with E-state index < -0.39 is 75.2 Å². The van der Waals surface area contributed by atoms with E-state index in [0.717, 1.165) is 109 Å². The van der Waals surface area contributed by atoms with Crippen LogP contribution in [0.3, 0.4) is 0 Å². The summed E-state index contributed by atoms with van der Waals surface area (Å²) in [4.78, 5) is 86.6. The zero-order chi connectivity index (χ0) is 70.5. The highest BCUT2D eigenvalue weighted by Crippen LogP contribution is 2.43. The normalized spacial score (nSPS) is 14.4. The topological polar surface area (TPSA) is 406 Å². The predicted molar refractivity (Wildman–Crippen MR) is 380 cm³/mol. The summed E-state index contributed by atoms with van der Waals surface area (Å²) in [7, 11) is -13.6. The minimum Gasteiger partial charge on any atom is -0.372 e. The second kappa shape index (κ2) is 32.7. The molecule has 1 atom stereocenters. The molecule has 98 heavy (non-hydrogen) atoms. The van der Waals surface area contributed by atoms with E-state index in [9.17, 15) is 58.1 Å². The Labute approximate surface area is 579 Å². The molecule has 4 aromatic carbocycles. The van der Waals surface area contributed by atoms with E-state index in [0.29, 0.717) is 80.2 Å². The van der Waals surface area contributed by atoms with Crippen LogP contribution in [-0.2, 0) is 49.5 Å². The fourth-order valence-electron chi connectivity index (χ4n) is 10.7. The molecule has 7 N–H and O–H groups in total. The summed E-state index contributed by atoms with van der Waals surface area (Å²) >= 11 is 2.98. The van der Waals surface area contributed by atoms with E-state index in [-0.39, 0.29) is 66.3 Å². The molecule has 9 rings (SSSR count). The fraction of sp³-hybridized carbons (Fsp3) is 0.371. The summed E-state index contributed by atoms with van der Waals surface area (Å²) in [6, 6.07) is 20.8. The van der Waals surface area contributed by atoms with Crippen LogP contribution in [0, 0.1) is 0 Å². The van der Waals surface area contributed by atoms with E-state index >= 15 is 0 Å². The average molecular weight is 1460 g/mol. The Balaban J connectivity index is 1.08. The number of thioether (sulfide) groups is 1. The van der Waals surface area contributed by atoms with Crippen LogP contribution in [0.4, 0.5) is 79.3 Å². The Hall–Kier alpha value is -8.75. The first-order chi connectivity index (χ1) is 46.7. The maximum Gasteiger partial charge on any atom is 0.294 e. The molecule has 2 amide bonds. The number of aromatic nitrogens is 5. The largest absolute Gasteiger partial charge is 0.372 e. The van der Waals surface area contributed by atoms with Gasteiger partial charge in [-0.05, 0) is 159 Å². The molecule has 2 saturated heterocycles. The summed E-state index contributed by atoms with van der Waals surface area (Å²) in [5.41, 5.74) is 2.56. The molecule has 2 aliphatic rings. The number of nitrogens with zero attached hydrogens (tertiary/aromatic N) is 13. The Bertz CT molecular complexity index is 4550. The minimum absolute atomic E-state index is 0.0179. The maximum absolute atomic E-state index is 14.1. The van der Waals surface area contributed by atoms with Crippen molar-refractivity contribution < 1.29 is 58.1 Å². The van der Waals surface area contributed by atoms with Gasteiger partial charge in [-0.15, -0.1) is 20.5 Å². The first-order valence-corrected chi connectivity index (χ1v) is 38.3. The van der Waals surface area contributed by atoms with Crippen LogP contribution in [0.25, 0.3) is 6.08 Å². The van der Waals surface area contributed by atoms with Gasteiger partial charge in [-0.1, -0.05) is 46.6 Å². The van der Waals surface area contributed by atoms with Gasteiger partial charge in [-0.3, -0.25) is 32.8 Å². The molecule has 36 heteroatoms. The third kappa shape index (κ3) is 19.5. The summed E-state index contributed by atoms with van der Waals surface area (Å²) in [5, 5.41) is 30.6. The van der Waals surface area contributed by atoms with Gasteiger partial charge in [-0.25, -0.2) is 0 Å². The van der Waals surface area contributed by atoms with Crippen molar-refractivity contribution in [1.82, 2.24) is 24.9 Å². The van der Waals surface area contributed by atoms with Crippen LogP contribution < -0.4 is 40.9 Å². The van der Waals surface area contributed by atoms with E-state index in [1.54, 1.807) is 12.1 Å². The second-order valence-corrected chi connectivity index (χ2v) is 29.9.